The van der Waals surface area contributed by atoms with Crippen molar-refractivity contribution in [2.24, 2.45) is 5.10 Å². The predicted molar refractivity (Wildman–Crippen MR) is 79.1 cm³/mol. The molecular formula is C16H13F2N2O3-. The quantitative estimate of drug-likeness (QED) is 0.652. The minimum atomic E-state index is -1.31. The van der Waals surface area contributed by atoms with E-state index in [1.54, 1.807) is 31.2 Å². The lowest BCUT2D eigenvalue weighted by atomic mass is 10.1. The van der Waals surface area contributed by atoms with Crippen LogP contribution in [0.2, 0.25) is 0 Å². The van der Waals surface area contributed by atoms with Gasteiger partial charge >= 0.3 is 0 Å². The van der Waals surface area contributed by atoms with E-state index in [1.807, 2.05) is 0 Å². The first-order valence-electron chi connectivity index (χ1n) is 6.64. The van der Waals surface area contributed by atoms with Crippen molar-refractivity contribution in [2.45, 2.75) is 6.92 Å². The average Bonchev–Trinajstić information content (AvgIpc) is 2.52. The first-order chi connectivity index (χ1) is 11.0. The van der Waals surface area contributed by atoms with Gasteiger partial charge in [0.25, 0.3) is 0 Å². The van der Waals surface area contributed by atoms with Crippen LogP contribution in [0.1, 0.15) is 12.5 Å². The van der Waals surface area contributed by atoms with Gasteiger partial charge in [-0.05, 0) is 48.9 Å². The van der Waals surface area contributed by atoms with Gasteiger partial charge in [-0.3, -0.25) is 5.43 Å². The molecule has 0 radical (unpaired) electrons. The summed E-state index contributed by atoms with van der Waals surface area (Å²) in [4.78, 5) is 10.3. The summed E-state index contributed by atoms with van der Waals surface area (Å²) in [6.45, 7) is 1.17. The van der Waals surface area contributed by atoms with Crippen LogP contribution < -0.4 is 15.3 Å². The molecule has 0 spiro atoms. The van der Waals surface area contributed by atoms with Crippen LogP contribution in [-0.4, -0.2) is 18.3 Å². The Hall–Kier alpha value is -2.96. The monoisotopic (exact) mass is 319 g/mol. The Morgan fingerprint density at radius 2 is 1.91 bits per heavy atom. The highest BCUT2D eigenvalue weighted by Crippen LogP contribution is 2.16. The zero-order chi connectivity index (χ0) is 16.8. The molecule has 1 N–H and O–H groups in total. The zero-order valence-corrected chi connectivity index (χ0v) is 12.2. The third kappa shape index (κ3) is 4.77. The lowest BCUT2D eigenvalue weighted by molar-refractivity contribution is -0.307. The Balaban J connectivity index is 2.04. The lowest BCUT2D eigenvalue weighted by Crippen LogP contribution is -2.28. The Kier molecular flexibility index (Phi) is 5.24. The van der Waals surface area contributed by atoms with Gasteiger partial charge in [0.05, 0.1) is 17.4 Å². The van der Waals surface area contributed by atoms with Crippen molar-refractivity contribution in [3.63, 3.8) is 0 Å². The highest BCUT2D eigenvalue weighted by Gasteiger charge is 2.03. The van der Waals surface area contributed by atoms with Crippen LogP contribution in [0, 0.1) is 11.6 Å². The van der Waals surface area contributed by atoms with E-state index in [2.05, 4.69) is 10.5 Å². The number of halogens is 2. The number of benzene rings is 2. The standard InChI is InChI=1S/C16H14F2N2O3/c1-10(19-20-15-7-4-12(17)8-14(15)18)11-2-5-13(6-3-11)23-9-16(21)22/h2-8,20H,9H2,1H3,(H,21,22)/p-1/b19-10-. The molecule has 120 valence electrons. The van der Waals surface area contributed by atoms with E-state index in [0.29, 0.717) is 11.5 Å². The molecule has 2 rings (SSSR count). The fourth-order valence-electron chi connectivity index (χ4n) is 1.72. The second kappa shape index (κ2) is 7.35. The summed E-state index contributed by atoms with van der Waals surface area (Å²) in [7, 11) is 0. The first kappa shape index (κ1) is 16.4. The van der Waals surface area contributed by atoms with E-state index in [9.17, 15) is 18.7 Å². The van der Waals surface area contributed by atoms with E-state index in [-0.39, 0.29) is 5.69 Å². The summed E-state index contributed by atoms with van der Waals surface area (Å²) in [5.41, 5.74) is 3.86. The van der Waals surface area contributed by atoms with Crippen LogP contribution in [0.3, 0.4) is 0 Å². The van der Waals surface area contributed by atoms with Gasteiger partial charge in [0.15, 0.2) is 5.82 Å². The molecule has 0 unspecified atom stereocenters. The molecule has 2 aromatic rings. The molecule has 7 heteroatoms. The maximum atomic E-state index is 13.5. The maximum absolute atomic E-state index is 13.5. The number of ether oxygens (including phenoxy) is 1. The van der Waals surface area contributed by atoms with Gasteiger partial charge in [-0.15, -0.1) is 0 Å². The fourth-order valence-corrected chi connectivity index (χ4v) is 1.72. The number of aliphatic carboxylic acids is 1. The molecule has 5 nitrogen and oxygen atoms in total. The zero-order valence-electron chi connectivity index (χ0n) is 12.2. The van der Waals surface area contributed by atoms with Gasteiger partial charge in [0.2, 0.25) is 0 Å². The van der Waals surface area contributed by atoms with Gasteiger partial charge in [0.1, 0.15) is 18.2 Å². The van der Waals surface area contributed by atoms with Gasteiger partial charge in [-0.25, -0.2) is 8.78 Å². The lowest BCUT2D eigenvalue weighted by Gasteiger charge is -2.08. The van der Waals surface area contributed by atoms with E-state index < -0.39 is 24.2 Å². The largest absolute Gasteiger partial charge is 0.546 e. The SMILES string of the molecule is C/C(=N/Nc1ccc(F)cc1F)c1ccc(OCC(=O)[O-])cc1. The van der Waals surface area contributed by atoms with Gasteiger partial charge < -0.3 is 14.6 Å². The number of carboxylic acid groups (broad SMARTS) is 1. The Labute approximate surface area is 131 Å². The van der Waals surface area contributed by atoms with Crippen molar-refractivity contribution in [3.8, 4) is 5.75 Å². The Morgan fingerprint density at radius 3 is 2.52 bits per heavy atom. The normalized spacial score (nSPS) is 11.2. The average molecular weight is 319 g/mol. The van der Waals surface area contributed by atoms with Crippen LogP contribution in [0.5, 0.6) is 5.75 Å². The molecule has 0 aliphatic carbocycles. The topological polar surface area (TPSA) is 73.8 Å². The molecule has 0 amide bonds. The summed E-state index contributed by atoms with van der Waals surface area (Å²) in [5.74, 6) is -2.34. The van der Waals surface area contributed by atoms with Crippen molar-refractivity contribution in [3.05, 3.63) is 59.7 Å². The molecule has 2 aromatic carbocycles. The van der Waals surface area contributed by atoms with Crippen molar-refractivity contribution in [1.29, 1.82) is 0 Å². The number of carbonyl (C=O) groups is 1. The number of nitrogens with one attached hydrogen (secondary N) is 1. The van der Waals surface area contributed by atoms with Crippen molar-refractivity contribution in [2.75, 3.05) is 12.0 Å². The summed E-state index contributed by atoms with van der Waals surface area (Å²) in [6.07, 6.45) is 0. The smallest absolute Gasteiger partial charge is 0.151 e. The number of rotatable bonds is 6. The van der Waals surface area contributed by atoms with Crippen LogP contribution in [0.4, 0.5) is 14.5 Å². The summed E-state index contributed by atoms with van der Waals surface area (Å²) >= 11 is 0. The molecule has 0 aliphatic heterocycles. The highest BCUT2D eigenvalue weighted by molar-refractivity contribution is 5.99. The maximum Gasteiger partial charge on any atom is 0.151 e. The molecule has 0 aliphatic rings. The molecule has 0 aromatic heterocycles. The second-order valence-corrected chi connectivity index (χ2v) is 4.62. The number of hydrogen-bond donors (Lipinski definition) is 1. The van der Waals surface area contributed by atoms with Crippen LogP contribution in [0.15, 0.2) is 47.6 Å². The van der Waals surface area contributed by atoms with Crippen LogP contribution >= 0.6 is 0 Å². The summed E-state index contributed by atoms with van der Waals surface area (Å²) < 4.78 is 31.2. The molecule has 0 fully saturated rings. The molecule has 0 atom stereocenters. The van der Waals surface area contributed by atoms with Crippen LogP contribution in [0.25, 0.3) is 0 Å². The summed E-state index contributed by atoms with van der Waals surface area (Å²) in [5, 5.41) is 14.3. The number of carboxylic acids is 1. The third-order valence-electron chi connectivity index (χ3n) is 2.90. The van der Waals surface area contributed by atoms with Gasteiger partial charge in [0, 0.05) is 6.07 Å². The minimum absolute atomic E-state index is 0.0552. The van der Waals surface area contributed by atoms with Crippen molar-refractivity contribution < 1.29 is 23.4 Å². The van der Waals surface area contributed by atoms with Crippen molar-refractivity contribution >= 4 is 17.4 Å². The highest BCUT2D eigenvalue weighted by atomic mass is 19.1. The molecule has 0 heterocycles. The Morgan fingerprint density at radius 1 is 1.22 bits per heavy atom. The number of carbonyl (C=O) groups excluding carboxylic acids is 1. The first-order valence-corrected chi connectivity index (χ1v) is 6.64. The Bertz CT molecular complexity index is 731. The minimum Gasteiger partial charge on any atom is -0.546 e. The van der Waals surface area contributed by atoms with E-state index in [0.717, 1.165) is 17.7 Å². The fraction of sp³-hybridized carbons (Fsp3) is 0.125. The van der Waals surface area contributed by atoms with Gasteiger partial charge in [-0.1, -0.05) is 0 Å². The predicted octanol–water partition coefficient (Wildman–Crippen LogP) is 1.93. The van der Waals surface area contributed by atoms with Crippen LogP contribution in [-0.2, 0) is 4.79 Å². The van der Waals surface area contributed by atoms with E-state index >= 15 is 0 Å². The van der Waals surface area contributed by atoms with Gasteiger partial charge in [-0.2, -0.15) is 5.10 Å². The van der Waals surface area contributed by atoms with Crippen molar-refractivity contribution in [1.82, 2.24) is 0 Å². The molecule has 23 heavy (non-hydrogen) atoms. The molecule has 0 bridgehead atoms. The number of nitrogens with zero attached hydrogens (tertiary/aromatic N) is 1. The number of hydrazone groups is 1. The molecular weight excluding hydrogens is 306 g/mol. The summed E-state index contributed by atoms with van der Waals surface area (Å²) in [6, 6.07) is 9.64. The number of hydrogen-bond acceptors (Lipinski definition) is 5. The molecule has 0 saturated heterocycles. The second-order valence-electron chi connectivity index (χ2n) is 4.62. The van der Waals surface area contributed by atoms with E-state index in [4.69, 9.17) is 4.74 Å². The molecule has 0 saturated carbocycles. The van der Waals surface area contributed by atoms with E-state index in [1.165, 1.54) is 6.07 Å². The number of anilines is 1. The third-order valence-corrected chi connectivity index (χ3v) is 2.90.